The number of thioether (sulfide) groups is 1. The molecule has 0 aromatic heterocycles. The van der Waals surface area contributed by atoms with Crippen molar-refractivity contribution in [2.75, 3.05) is 25.0 Å². The molecule has 78 valence electrons. The van der Waals surface area contributed by atoms with Crippen LogP contribution in [0.5, 0.6) is 0 Å². The van der Waals surface area contributed by atoms with Gasteiger partial charge in [-0.1, -0.05) is 36.7 Å². The molecule has 1 aliphatic rings. The minimum Gasteiger partial charge on any atom is -0.301 e. The Labute approximate surface area is 94.8 Å². The van der Waals surface area contributed by atoms with Crippen LogP contribution in [0.25, 0.3) is 0 Å². The maximum absolute atomic E-state index is 3.54. The zero-order chi connectivity index (χ0) is 9.84. The number of hydrogen-bond acceptors (Lipinski definition) is 2. The predicted molar refractivity (Wildman–Crippen MR) is 65.9 cm³/mol. The summed E-state index contributed by atoms with van der Waals surface area (Å²) in [4.78, 5) is 2.61. The first-order valence-electron chi connectivity index (χ1n) is 5.05. The van der Waals surface area contributed by atoms with Crippen LogP contribution in [0.2, 0.25) is 0 Å². The molecule has 3 heteroatoms. The van der Waals surface area contributed by atoms with Crippen LogP contribution in [0.15, 0.2) is 0 Å². The lowest BCUT2D eigenvalue weighted by molar-refractivity contribution is 0.244. The van der Waals surface area contributed by atoms with Crippen molar-refractivity contribution in [1.29, 1.82) is 0 Å². The third-order valence-electron chi connectivity index (χ3n) is 2.33. The third kappa shape index (κ3) is 4.22. The molecule has 1 nitrogen and oxygen atoms in total. The average molecular weight is 266 g/mol. The summed E-state index contributed by atoms with van der Waals surface area (Å²) in [6, 6.07) is 0. The monoisotopic (exact) mass is 265 g/mol. The summed E-state index contributed by atoms with van der Waals surface area (Å²) >= 11 is 5.67. The molecular weight excluding hydrogens is 246 g/mol. The Morgan fingerprint density at radius 2 is 1.92 bits per heavy atom. The second-order valence-corrected chi connectivity index (χ2v) is 6.76. The fourth-order valence-electron chi connectivity index (χ4n) is 1.92. The van der Waals surface area contributed by atoms with Crippen molar-refractivity contribution in [3.63, 3.8) is 0 Å². The zero-order valence-corrected chi connectivity index (χ0v) is 11.2. The van der Waals surface area contributed by atoms with Crippen LogP contribution < -0.4 is 0 Å². The van der Waals surface area contributed by atoms with E-state index >= 15 is 0 Å². The first kappa shape index (κ1) is 11.9. The molecular formula is C10H20BrNS. The van der Waals surface area contributed by atoms with Gasteiger partial charge in [0, 0.05) is 35.5 Å². The second-order valence-electron chi connectivity index (χ2n) is 4.24. The molecule has 1 heterocycles. The summed E-state index contributed by atoms with van der Waals surface area (Å²) in [5.41, 5.74) is 0. The Morgan fingerprint density at radius 1 is 1.38 bits per heavy atom. The highest BCUT2D eigenvalue weighted by atomic mass is 79.9. The number of hydrogen-bond donors (Lipinski definition) is 0. The van der Waals surface area contributed by atoms with Gasteiger partial charge >= 0.3 is 0 Å². The summed E-state index contributed by atoms with van der Waals surface area (Å²) in [5, 5.41) is 2.75. The molecule has 1 saturated heterocycles. The minimum absolute atomic E-state index is 0.780. The lowest BCUT2D eigenvalue weighted by atomic mass is 10.2. The fourth-order valence-corrected chi connectivity index (χ4v) is 3.51. The summed E-state index contributed by atoms with van der Waals surface area (Å²) in [5.74, 6) is 0.780. The van der Waals surface area contributed by atoms with Crippen molar-refractivity contribution in [1.82, 2.24) is 4.90 Å². The van der Waals surface area contributed by atoms with Gasteiger partial charge in [0.2, 0.25) is 0 Å². The average Bonchev–Trinajstić information content (AvgIpc) is 2.02. The lowest BCUT2D eigenvalue weighted by Crippen LogP contribution is -2.42. The summed E-state index contributed by atoms with van der Waals surface area (Å²) in [6.07, 6.45) is 0. The van der Waals surface area contributed by atoms with E-state index in [0.717, 1.165) is 21.7 Å². The molecule has 3 unspecified atom stereocenters. The molecule has 0 saturated carbocycles. The van der Waals surface area contributed by atoms with E-state index in [1.54, 1.807) is 0 Å². The van der Waals surface area contributed by atoms with Crippen LogP contribution in [-0.4, -0.2) is 40.4 Å². The van der Waals surface area contributed by atoms with Crippen molar-refractivity contribution in [2.45, 2.75) is 31.3 Å². The maximum atomic E-state index is 3.54. The predicted octanol–water partition coefficient (Wildman–Crippen LogP) is 2.84. The first-order valence-corrected chi connectivity index (χ1v) is 7.12. The van der Waals surface area contributed by atoms with E-state index in [0.29, 0.717) is 0 Å². The summed E-state index contributed by atoms with van der Waals surface area (Å²) < 4.78 is 0. The Hall–Kier alpha value is 0.790. The van der Waals surface area contributed by atoms with Gasteiger partial charge in [-0.3, -0.25) is 0 Å². The molecule has 0 spiro atoms. The normalized spacial score (nSPS) is 33.2. The van der Waals surface area contributed by atoms with Crippen molar-refractivity contribution < 1.29 is 0 Å². The highest BCUT2D eigenvalue weighted by Crippen LogP contribution is 2.25. The van der Waals surface area contributed by atoms with Gasteiger partial charge in [-0.25, -0.2) is 0 Å². The van der Waals surface area contributed by atoms with Gasteiger partial charge in [0.25, 0.3) is 0 Å². The number of nitrogens with zero attached hydrogens (tertiary/aromatic N) is 1. The standard InChI is InChI=1S/C10H20BrNS/c1-8(4-11)5-12-6-9(2)13-10(3)7-12/h8-10H,4-7H2,1-3H3. The van der Waals surface area contributed by atoms with E-state index in [1.165, 1.54) is 19.6 Å². The smallest absolute Gasteiger partial charge is 0.0149 e. The van der Waals surface area contributed by atoms with Crippen LogP contribution in [0.3, 0.4) is 0 Å². The Bertz CT molecular complexity index is 144. The first-order chi connectivity index (χ1) is 6.11. The number of alkyl halides is 1. The molecule has 0 aromatic carbocycles. The van der Waals surface area contributed by atoms with Gasteiger partial charge in [-0.2, -0.15) is 11.8 Å². The summed E-state index contributed by atoms with van der Waals surface area (Å²) in [7, 11) is 0. The topological polar surface area (TPSA) is 3.24 Å². The highest BCUT2D eigenvalue weighted by molar-refractivity contribution is 9.09. The van der Waals surface area contributed by atoms with Crippen LogP contribution >= 0.6 is 27.7 Å². The Kier molecular flexibility index (Phi) is 5.13. The molecule has 0 radical (unpaired) electrons. The van der Waals surface area contributed by atoms with Gasteiger partial charge in [0.05, 0.1) is 0 Å². The largest absolute Gasteiger partial charge is 0.301 e. The quantitative estimate of drug-likeness (QED) is 0.723. The molecule has 0 aromatic rings. The van der Waals surface area contributed by atoms with Gasteiger partial charge in [-0.15, -0.1) is 0 Å². The minimum atomic E-state index is 0.780. The van der Waals surface area contributed by atoms with Crippen molar-refractivity contribution in [3.8, 4) is 0 Å². The Balaban J connectivity index is 2.32. The van der Waals surface area contributed by atoms with Crippen LogP contribution in [0.4, 0.5) is 0 Å². The van der Waals surface area contributed by atoms with E-state index in [2.05, 4.69) is 53.4 Å². The molecule has 13 heavy (non-hydrogen) atoms. The van der Waals surface area contributed by atoms with Crippen LogP contribution in [0, 0.1) is 5.92 Å². The lowest BCUT2D eigenvalue weighted by Gasteiger charge is -2.35. The molecule has 0 N–H and O–H groups in total. The Morgan fingerprint density at radius 3 is 2.38 bits per heavy atom. The molecule has 1 fully saturated rings. The zero-order valence-electron chi connectivity index (χ0n) is 8.79. The molecule has 0 amide bonds. The van der Waals surface area contributed by atoms with Crippen molar-refractivity contribution >= 4 is 27.7 Å². The van der Waals surface area contributed by atoms with E-state index in [1.807, 2.05) is 0 Å². The SMILES string of the molecule is CC(CBr)CN1CC(C)SC(C)C1. The van der Waals surface area contributed by atoms with Crippen LogP contribution in [0.1, 0.15) is 20.8 Å². The van der Waals surface area contributed by atoms with Gasteiger partial charge in [0.1, 0.15) is 0 Å². The van der Waals surface area contributed by atoms with Gasteiger partial charge in [0.15, 0.2) is 0 Å². The number of rotatable bonds is 3. The second kappa shape index (κ2) is 5.62. The fraction of sp³-hybridized carbons (Fsp3) is 1.00. The van der Waals surface area contributed by atoms with E-state index in [-0.39, 0.29) is 0 Å². The maximum Gasteiger partial charge on any atom is 0.0149 e. The van der Waals surface area contributed by atoms with Gasteiger partial charge in [-0.05, 0) is 5.92 Å². The molecule has 0 aliphatic carbocycles. The number of halogens is 1. The van der Waals surface area contributed by atoms with E-state index < -0.39 is 0 Å². The summed E-state index contributed by atoms with van der Waals surface area (Å²) in [6.45, 7) is 10.8. The molecule has 3 atom stereocenters. The molecule has 1 aliphatic heterocycles. The molecule has 0 bridgehead atoms. The molecule has 1 rings (SSSR count). The van der Waals surface area contributed by atoms with Crippen molar-refractivity contribution in [2.24, 2.45) is 5.92 Å². The van der Waals surface area contributed by atoms with E-state index in [4.69, 9.17) is 0 Å². The third-order valence-corrected chi connectivity index (χ3v) is 4.66. The van der Waals surface area contributed by atoms with E-state index in [9.17, 15) is 0 Å². The van der Waals surface area contributed by atoms with Gasteiger partial charge < -0.3 is 4.90 Å². The van der Waals surface area contributed by atoms with Crippen molar-refractivity contribution in [3.05, 3.63) is 0 Å². The highest BCUT2D eigenvalue weighted by Gasteiger charge is 2.22. The van der Waals surface area contributed by atoms with Crippen LogP contribution in [-0.2, 0) is 0 Å².